The normalized spacial score (nSPS) is 21.7. The molecule has 2 saturated heterocycles. The number of nitro groups is 1. The van der Waals surface area contributed by atoms with Crippen LogP contribution in [0.4, 0.5) is 11.4 Å². The summed E-state index contributed by atoms with van der Waals surface area (Å²) in [6, 6.07) is 4.07. The average molecular weight is 383 g/mol. The van der Waals surface area contributed by atoms with E-state index in [0.29, 0.717) is 25.3 Å². The van der Waals surface area contributed by atoms with E-state index in [2.05, 4.69) is 0 Å². The lowest BCUT2D eigenvalue weighted by atomic mass is 10.1. The summed E-state index contributed by atoms with van der Waals surface area (Å²) in [5.74, 6) is 0. The zero-order valence-corrected chi connectivity index (χ0v) is 15.8. The van der Waals surface area contributed by atoms with Crippen LogP contribution in [0.3, 0.4) is 0 Å². The maximum absolute atomic E-state index is 13.1. The smallest absolute Gasteiger partial charge is 0.270 e. The average Bonchev–Trinajstić information content (AvgIpc) is 3.17. The minimum atomic E-state index is -3.76. The summed E-state index contributed by atoms with van der Waals surface area (Å²) in [6.45, 7) is 2.19. The van der Waals surface area contributed by atoms with Crippen LogP contribution in [0.15, 0.2) is 23.1 Å². The predicted molar refractivity (Wildman–Crippen MR) is 98.0 cm³/mol. The number of benzene rings is 1. The Morgan fingerprint density at radius 2 is 2.00 bits per heavy atom. The molecule has 144 valence electrons. The van der Waals surface area contributed by atoms with Crippen LogP contribution in [-0.2, 0) is 14.8 Å². The highest BCUT2D eigenvalue weighted by Gasteiger charge is 2.32. The van der Waals surface area contributed by atoms with E-state index in [-0.39, 0.29) is 16.7 Å². The Kier molecular flexibility index (Phi) is 5.79. The third-order valence-electron chi connectivity index (χ3n) is 5.00. The summed E-state index contributed by atoms with van der Waals surface area (Å²) in [4.78, 5) is 12.4. The fourth-order valence-corrected chi connectivity index (χ4v) is 5.34. The Balaban J connectivity index is 1.94. The Hall–Kier alpha value is -1.71. The summed E-state index contributed by atoms with van der Waals surface area (Å²) in [6.07, 6.45) is 4.76. The van der Waals surface area contributed by atoms with Gasteiger partial charge in [0.05, 0.1) is 16.7 Å². The maximum atomic E-state index is 13.1. The quantitative estimate of drug-likeness (QED) is 0.553. The number of nitro benzene ring substituents is 1. The van der Waals surface area contributed by atoms with E-state index in [1.54, 1.807) is 0 Å². The molecular formula is C17H25N3O5S. The highest BCUT2D eigenvalue weighted by atomic mass is 32.2. The first kappa shape index (κ1) is 19.1. The molecule has 1 aromatic carbocycles. The van der Waals surface area contributed by atoms with Crippen molar-refractivity contribution < 1.29 is 18.1 Å². The number of ether oxygens (including phenoxy) is 1. The molecule has 0 bridgehead atoms. The van der Waals surface area contributed by atoms with Crippen LogP contribution < -0.4 is 4.90 Å². The standard InChI is InChI=1S/C17H25N3O5S/c1-18(13-15-6-2-5-11-25-15)16-8-7-14(20(21)22)12-17(16)26(23,24)19-9-3-4-10-19/h7-8,12,15H,2-6,9-11,13H2,1H3. The molecule has 0 aromatic heterocycles. The zero-order valence-electron chi connectivity index (χ0n) is 15.0. The van der Waals surface area contributed by atoms with Crippen molar-refractivity contribution in [3.05, 3.63) is 28.3 Å². The lowest BCUT2D eigenvalue weighted by Gasteiger charge is -2.30. The van der Waals surface area contributed by atoms with Crippen LogP contribution in [0.5, 0.6) is 0 Å². The van der Waals surface area contributed by atoms with Crippen molar-refractivity contribution in [2.75, 3.05) is 38.2 Å². The SMILES string of the molecule is CN(CC1CCCCO1)c1ccc([N+](=O)[O-])cc1S(=O)(=O)N1CCCC1. The molecule has 8 nitrogen and oxygen atoms in total. The second-order valence-corrected chi connectivity index (χ2v) is 8.80. The number of non-ortho nitro benzene ring substituents is 1. The number of hydrogen-bond donors (Lipinski definition) is 0. The van der Waals surface area contributed by atoms with Gasteiger partial charge in [0, 0.05) is 45.4 Å². The van der Waals surface area contributed by atoms with Gasteiger partial charge in [-0.1, -0.05) is 0 Å². The molecule has 0 radical (unpaired) electrons. The predicted octanol–water partition coefficient (Wildman–Crippen LogP) is 2.38. The van der Waals surface area contributed by atoms with Crippen LogP contribution >= 0.6 is 0 Å². The minimum Gasteiger partial charge on any atom is -0.376 e. The Bertz CT molecular complexity index is 756. The molecule has 1 aromatic rings. The Morgan fingerprint density at radius 1 is 1.27 bits per heavy atom. The van der Waals surface area contributed by atoms with E-state index in [1.807, 2.05) is 11.9 Å². The van der Waals surface area contributed by atoms with Crippen LogP contribution in [0, 0.1) is 10.1 Å². The summed E-state index contributed by atoms with van der Waals surface area (Å²) in [5.41, 5.74) is 0.269. The van der Waals surface area contributed by atoms with Crippen molar-refractivity contribution in [1.29, 1.82) is 0 Å². The van der Waals surface area contributed by atoms with Crippen molar-refractivity contribution in [2.24, 2.45) is 0 Å². The van der Waals surface area contributed by atoms with Gasteiger partial charge < -0.3 is 9.64 Å². The first-order valence-electron chi connectivity index (χ1n) is 9.01. The van der Waals surface area contributed by atoms with Gasteiger partial charge in [-0.15, -0.1) is 0 Å². The van der Waals surface area contributed by atoms with Crippen molar-refractivity contribution >= 4 is 21.4 Å². The molecule has 2 fully saturated rings. The van der Waals surface area contributed by atoms with Gasteiger partial charge in [-0.05, 0) is 38.2 Å². The molecule has 0 spiro atoms. The molecule has 1 atom stereocenters. The minimum absolute atomic E-state index is 0.00640. The number of anilines is 1. The van der Waals surface area contributed by atoms with E-state index in [4.69, 9.17) is 4.74 Å². The summed E-state index contributed by atoms with van der Waals surface area (Å²) in [7, 11) is -1.96. The summed E-state index contributed by atoms with van der Waals surface area (Å²) >= 11 is 0. The fourth-order valence-electron chi connectivity index (χ4n) is 3.56. The third-order valence-corrected chi connectivity index (χ3v) is 6.93. The van der Waals surface area contributed by atoms with Crippen molar-refractivity contribution in [3.8, 4) is 0 Å². The first-order valence-corrected chi connectivity index (χ1v) is 10.4. The maximum Gasteiger partial charge on any atom is 0.270 e. The largest absolute Gasteiger partial charge is 0.376 e. The van der Waals surface area contributed by atoms with Gasteiger partial charge in [0.15, 0.2) is 0 Å². The van der Waals surface area contributed by atoms with Gasteiger partial charge in [-0.2, -0.15) is 4.31 Å². The molecule has 0 aliphatic carbocycles. The Morgan fingerprint density at radius 3 is 2.62 bits per heavy atom. The lowest BCUT2D eigenvalue weighted by molar-refractivity contribution is -0.385. The molecule has 0 amide bonds. The monoisotopic (exact) mass is 383 g/mol. The molecule has 1 unspecified atom stereocenters. The molecule has 2 aliphatic rings. The van der Waals surface area contributed by atoms with E-state index in [1.165, 1.54) is 22.5 Å². The zero-order chi connectivity index (χ0) is 18.7. The highest BCUT2D eigenvalue weighted by Crippen LogP contribution is 2.33. The van der Waals surface area contributed by atoms with Gasteiger partial charge in [0.25, 0.3) is 5.69 Å². The van der Waals surface area contributed by atoms with Crippen molar-refractivity contribution in [1.82, 2.24) is 4.31 Å². The van der Waals surface area contributed by atoms with E-state index in [0.717, 1.165) is 38.7 Å². The summed E-state index contributed by atoms with van der Waals surface area (Å²) in [5, 5.41) is 11.2. The van der Waals surface area contributed by atoms with E-state index >= 15 is 0 Å². The van der Waals surface area contributed by atoms with Gasteiger partial charge in [0.2, 0.25) is 10.0 Å². The number of rotatable bonds is 6. The molecule has 0 N–H and O–H groups in total. The molecule has 26 heavy (non-hydrogen) atoms. The molecular weight excluding hydrogens is 358 g/mol. The number of nitrogens with zero attached hydrogens (tertiary/aromatic N) is 3. The lowest BCUT2D eigenvalue weighted by Crippen LogP contribution is -2.35. The topological polar surface area (TPSA) is 93.0 Å². The Labute approximate surface area is 153 Å². The van der Waals surface area contributed by atoms with Gasteiger partial charge in [0.1, 0.15) is 4.90 Å². The fraction of sp³-hybridized carbons (Fsp3) is 0.647. The molecule has 9 heteroatoms. The highest BCUT2D eigenvalue weighted by molar-refractivity contribution is 7.89. The number of hydrogen-bond acceptors (Lipinski definition) is 6. The van der Waals surface area contributed by atoms with E-state index in [9.17, 15) is 18.5 Å². The number of likely N-dealkylation sites (N-methyl/N-ethyl adjacent to an activating group) is 1. The molecule has 2 aliphatic heterocycles. The molecule has 0 saturated carbocycles. The van der Waals surface area contributed by atoms with Crippen LogP contribution in [-0.4, -0.2) is 57.0 Å². The third kappa shape index (κ3) is 3.99. The first-order chi connectivity index (χ1) is 12.4. The molecule has 3 rings (SSSR count). The van der Waals surface area contributed by atoms with Crippen LogP contribution in [0.1, 0.15) is 32.1 Å². The summed E-state index contributed by atoms with van der Waals surface area (Å²) < 4.78 is 33.3. The van der Waals surface area contributed by atoms with Gasteiger partial charge >= 0.3 is 0 Å². The van der Waals surface area contributed by atoms with Crippen LogP contribution in [0.2, 0.25) is 0 Å². The van der Waals surface area contributed by atoms with Crippen LogP contribution in [0.25, 0.3) is 0 Å². The molecule has 2 heterocycles. The second kappa shape index (κ2) is 7.89. The van der Waals surface area contributed by atoms with E-state index < -0.39 is 14.9 Å². The number of sulfonamides is 1. The van der Waals surface area contributed by atoms with Gasteiger partial charge in [-0.25, -0.2) is 8.42 Å². The van der Waals surface area contributed by atoms with Crippen molar-refractivity contribution in [2.45, 2.75) is 43.1 Å². The van der Waals surface area contributed by atoms with Crippen molar-refractivity contribution in [3.63, 3.8) is 0 Å². The van der Waals surface area contributed by atoms with Gasteiger partial charge in [-0.3, -0.25) is 10.1 Å². The second-order valence-electron chi connectivity index (χ2n) is 6.89.